The monoisotopic (exact) mass is 272 g/mol. The van der Waals surface area contributed by atoms with Crippen LogP contribution in [0.25, 0.3) is 0 Å². The van der Waals surface area contributed by atoms with Crippen LogP contribution in [0, 0.1) is 5.92 Å². The Morgan fingerprint density at radius 2 is 2.11 bits per heavy atom. The SMILES string of the molecule is CC(C)(C)OC(=O)NC1CCNCC1CCC(=O)O. The Bertz CT molecular complexity index is 325. The molecule has 0 radical (unpaired) electrons. The molecular weight excluding hydrogens is 248 g/mol. The molecule has 1 saturated heterocycles. The minimum Gasteiger partial charge on any atom is -0.481 e. The maximum atomic E-state index is 11.7. The third-order valence-electron chi connectivity index (χ3n) is 3.04. The van der Waals surface area contributed by atoms with Crippen molar-refractivity contribution >= 4 is 12.1 Å². The van der Waals surface area contributed by atoms with Crippen LogP contribution >= 0.6 is 0 Å². The van der Waals surface area contributed by atoms with Gasteiger partial charge in [-0.1, -0.05) is 0 Å². The van der Waals surface area contributed by atoms with Crippen molar-refractivity contribution in [2.24, 2.45) is 5.92 Å². The molecule has 1 fully saturated rings. The molecule has 2 atom stereocenters. The molecule has 19 heavy (non-hydrogen) atoms. The summed E-state index contributed by atoms with van der Waals surface area (Å²) in [7, 11) is 0. The van der Waals surface area contributed by atoms with Crippen molar-refractivity contribution in [3.63, 3.8) is 0 Å². The van der Waals surface area contributed by atoms with Gasteiger partial charge in [-0.3, -0.25) is 4.79 Å². The fourth-order valence-electron chi connectivity index (χ4n) is 2.18. The molecule has 1 amide bonds. The number of nitrogens with one attached hydrogen (secondary N) is 2. The first-order valence-electron chi connectivity index (χ1n) is 6.70. The Hall–Kier alpha value is -1.30. The van der Waals surface area contributed by atoms with Crippen molar-refractivity contribution in [1.82, 2.24) is 10.6 Å². The van der Waals surface area contributed by atoms with Crippen LogP contribution in [-0.4, -0.2) is 41.9 Å². The van der Waals surface area contributed by atoms with Crippen LogP contribution in [-0.2, 0) is 9.53 Å². The number of hydrogen-bond donors (Lipinski definition) is 3. The number of rotatable bonds is 4. The normalized spacial score (nSPS) is 23.7. The van der Waals surface area contributed by atoms with Crippen LogP contribution in [0.2, 0.25) is 0 Å². The fourth-order valence-corrected chi connectivity index (χ4v) is 2.18. The van der Waals surface area contributed by atoms with Gasteiger partial charge in [0.25, 0.3) is 0 Å². The summed E-state index contributed by atoms with van der Waals surface area (Å²) in [4.78, 5) is 22.4. The van der Waals surface area contributed by atoms with Gasteiger partial charge in [-0.15, -0.1) is 0 Å². The molecule has 0 bridgehead atoms. The first-order chi connectivity index (χ1) is 8.78. The highest BCUT2D eigenvalue weighted by molar-refractivity contribution is 5.68. The minimum absolute atomic E-state index is 0.0181. The van der Waals surface area contributed by atoms with Gasteiger partial charge in [0, 0.05) is 12.5 Å². The molecule has 2 unspecified atom stereocenters. The summed E-state index contributed by atoms with van der Waals surface area (Å²) < 4.78 is 5.23. The predicted octanol–water partition coefficient (Wildman–Crippen LogP) is 1.35. The summed E-state index contributed by atoms with van der Waals surface area (Å²) in [5, 5.41) is 14.8. The number of ether oxygens (including phenoxy) is 1. The number of carboxylic acid groups (broad SMARTS) is 1. The Labute approximate surface area is 113 Å². The van der Waals surface area contributed by atoms with Gasteiger partial charge in [-0.25, -0.2) is 4.79 Å². The number of hydrogen-bond acceptors (Lipinski definition) is 4. The zero-order chi connectivity index (χ0) is 14.5. The van der Waals surface area contributed by atoms with Gasteiger partial charge < -0.3 is 20.5 Å². The molecule has 0 aliphatic carbocycles. The number of aliphatic carboxylic acids is 1. The maximum Gasteiger partial charge on any atom is 0.407 e. The molecule has 3 N–H and O–H groups in total. The highest BCUT2D eigenvalue weighted by atomic mass is 16.6. The second kappa shape index (κ2) is 6.75. The van der Waals surface area contributed by atoms with Gasteiger partial charge in [0.1, 0.15) is 5.60 Å². The number of piperidine rings is 1. The molecule has 1 aliphatic rings. The van der Waals surface area contributed by atoms with E-state index < -0.39 is 17.7 Å². The van der Waals surface area contributed by atoms with E-state index in [0.29, 0.717) is 6.42 Å². The summed E-state index contributed by atoms with van der Waals surface area (Å²) in [5.74, 6) is -0.668. The van der Waals surface area contributed by atoms with Gasteiger partial charge >= 0.3 is 12.1 Å². The number of carboxylic acids is 1. The molecule has 0 saturated carbocycles. The lowest BCUT2D eigenvalue weighted by molar-refractivity contribution is -0.137. The van der Waals surface area contributed by atoms with Crippen molar-refractivity contribution in [2.75, 3.05) is 13.1 Å². The van der Waals surface area contributed by atoms with Crippen LogP contribution in [0.4, 0.5) is 4.79 Å². The van der Waals surface area contributed by atoms with E-state index in [9.17, 15) is 9.59 Å². The molecule has 6 nitrogen and oxygen atoms in total. The molecule has 0 aromatic carbocycles. The number of carbonyl (C=O) groups is 2. The molecule has 1 rings (SSSR count). The van der Waals surface area contributed by atoms with E-state index in [4.69, 9.17) is 9.84 Å². The lowest BCUT2D eigenvalue weighted by Gasteiger charge is -2.33. The molecule has 1 aliphatic heterocycles. The topological polar surface area (TPSA) is 87.7 Å². The summed E-state index contributed by atoms with van der Waals surface area (Å²) in [6.45, 7) is 7.00. The molecule has 110 valence electrons. The lowest BCUT2D eigenvalue weighted by atomic mass is 9.89. The third kappa shape index (κ3) is 6.42. The van der Waals surface area contributed by atoms with Gasteiger partial charge in [-0.05, 0) is 52.6 Å². The van der Waals surface area contributed by atoms with E-state index in [2.05, 4.69) is 10.6 Å². The molecule has 0 aromatic heterocycles. The molecule has 0 aromatic rings. The highest BCUT2D eigenvalue weighted by Crippen LogP contribution is 2.18. The summed E-state index contributed by atoms with van der Waals surface area (Å²) in [6.07, 6.45) is 1.05. The second-order valence-electron chi connectivity index (χ2n) is 5.94. The predicted molar refractivity (Wildman–Crippen MR) is 71.0 cm³/mol. The van der Waals surface area contributed by atoms with E-state index in [1.54, 1.807) is 0 Å². The summed E-state index contributed by atoms with van der Waals surface area (Å²) in [6, 6.07) is -0.0181. The molecular formula is C13H24N2O4. The first kappa shape index (κ1) is 15.8. The number of alkyl carbamates (subject to hydrolysis) is 1. The molecule has 0 spiro atoms. The van der Waals surface area contributed by atoms with Crippen LogP contribution in [0.1, 0.15) is 40.0 Å². The minimum atomic E-state index is -0.804. The fraction of sp³-hybridized carbons (Fsp3) is 0.846. The van der Waals surface area contributed by atoms with E-state index in [1.807, 2.05) is 20.8 Å². The zero-order valence-corrected chi connectivity index (χ0v) is 11.9. The van der Waals surface area contributed by atoms with Crippen molar-refractivity contribution in [1.29, 1.82) is 0 Å². The Morgan fingerprint density at radius 1 is 1.42 bits per heavy atom. The van der Waals surface area contributed by atoms with Gasteiger partial charge in [0.2, 0.25) is 0 Å². The zero-order valence-electron chi connectivity index (χ0n) is 11.9. The lowest BCUT2D eigenvalue weighted by Crippen LogP contribution is -2.50. The van der Waals surface area contributed by atoms with E-state index in [1.165, 1.54) is 0 Å². The van der Waals surface area contributed by atoms with Crippen molar-refractivity contribution in [3.8, 4) is 0 Å². The number of carbonyl (C=O) groups excluding carboxylic acids is 1. The first-order valence-corrected chi connectivity index (χ1v) is 6.70. The average Bonchev–Trinajstić information content (AvgIpc) is 2.25. The van der Waals surface area contributed by atoms with Gasteiger partial charge in [0.05, 0.1) is 0 Å². The van der Waals surface area contributed by atoms with Gasteiger partial charge in [-0.2, -0.15) is 0 Å². The van der Waals surface area contributed by atoms with Crippen molar-refractivity contribution in [3.05, 3.63) is 0 Å². The summed E-state index contributed by atoms with van der Waals surface area (Å²) in [5.41, 5.74) is -0.520. The largest absolute Gasteiger partial charge is 0.481 e. The van der Waals surface area contributed by atoms with Crippen LogP contribution in [0.5, 0.6) is 0 Å². The van der Waals surface area contributed by atoms with Gasteiger partial charge in [0.15, 0.2) is 0 Å². The molecule has 1 heterocycles. The second-order valence-corrected chi connectivity index (χ2v) is 5.94. The average molecular weight is 272 g/mol. The third-order valence-corrected chi connectivity index (χ3v) is 3.04. The van der Waals surface area contributed by atoms with E-state index in [-0.39, 0.29) is 18.4 Å². The highest BCUT2D eigenvalue weighted by Gasteiger charge is 2.28. The van der Waals surface area contributed by atoms with Crippen LogP contribution in [0.3, 0.4) is 0 Å². The summed E-state index contributed by atoms with van der Waals surface area (Å²) >= 11 is 0. The van der Waals surface area contributed by atoms with Crippen LogP contribution in [0.15, 0.2) is 0 Å². The van der Waals surface area contributed by atoms with Crippen molar-refractivity contribution < 1.29 is 19.4 Å². The van der Waals surface area contributed by atoms with E-state index in [0.717, 1.165) is 19.5 Å². The Kier molecular flexibility index (Phi) is 5.60. The molecule has 6 heteroatoms. The smallest absolute Gasteiger partial charge is 0.407 e. The maximum absolute atomic E-state index is 11.7. The van der Waals surface area contributed by atoms with Crippen molar-refractivity contribution in [2.45, 2.75) is 51.7 Å². The Morgan fingerprint density at radius 3 is 2.68 bits per heavy atom. The Balaban J connectivity index is 2.47. The van der Waals surface area contributed by atoms with Crippen LogP contribution < -0.4 is 10.6 Å². The van der Waals surface area contributed by atoms with E-state index >= 15 is 0 Å². The quantitative estimate of drug-likeness (QED) is 0.719. The number of amides is 1. The standard InChI is InChI=1S/C13H24N2O4/c1-13(2,3)19-12(18)15-10-6-7-14-8-9(10)4-5-11(16)17/h9-10,14H,4-8H2,1-3H3,(H,15,18)(H,16,17).